The van der Waals surface area contributed by atoms with Crippen LogP contribution in [0.2, 0.25) is 0 Å². The number of benzene rings is 4. The van der Waals surface area contributed by atoms with Crippen LogP contribution in [-0.2, 0) is 14.3 Å². The SMILES string of the molecule is COC(=O)NC(C(=O)N1CCCC1c1ncc(C#Cc2ccc(-c3ccc(-c4cnc(C5CCCN5C(=O)C(c5ccccc5)N5CCCC5)[nH]4)cc3)cc2)[nH]1)c1ccccc1. The van der Waals surface area contributed by atoms with Crippen LogP contribution in [-0.4, -0.2) is 85.8 Å². The molecular formula is C50H50N8O4. The molecule has 3 amide bonds. The number of hydrogen-bond acceptors (Lipinski definition) is 7. The second-order valence-electron chi connectivity index (χ2n) is 16.2. The van der Waals surface area contributed by atoms with Gasteiger partial charge in [-0.25, -0.2) is 14.8 Å². The largest absolute Gasteiger partial charge is 0.453 e. The van der Waals surface area contributed by atoms with E-state index < -0.39 is 12.1 Å². The van der Waals surface area contributed by atoms with Crippen LogP contribution < -0.4 is 5.32 Å². The molecular weight excluding hydrogens is 777 g/mol. The van der Waals surface area contributed by atoms with Crippen LogP contribution in [0.3, 0.4) is 0 Å². The summed E-state index contributed by atoms with van der Waals surface area (Å²) >= 11 is 0. The van der Waals surface area contributed by atoms with Crippen molar-refractivity contribution in [3.05, 3.63) is 156 Å². The molecule has 5 heterocycles. The van der Waals surface area contributed by atoms with Crippen molar-refractivity contribution in [2.45, 2.75) is 62.7 Å². The highest BCUT2D eigenvalue weighted by atomic mass is 16.5. The van der Waals surface area contributed by atoms with Crippen molar-refractivity contribution in [2.24, 2.45) is 0 Å². The van der Waals surface area contributed by atoms with Gasteiger partial charge in [-0.3, -0.25) is 14.5 Å². The van der Waals surface area contributed by atoms with Gasteiger partial charge in [-0.05, 0) is 97.5 Å². The van der Waals surface area contributed by atoms with Crippen molar-refractivity contribution in [2.75, 3.05) is 33.3 Å². The van der Waals surface area contributed by atoms with Crippen LogP contribution >= 0.6 is 0 Å². The van der Waals surface area contributed by atoms with Gasteiger partial charge in [-0.1, -0.05) is 103 Å². The second-order valence-corrected chi connectivity index (χ2v) is 16.2. The van der Waals surface area contributed by atoms with E-state index in [2.05, 4.69) is 85.5 Å². The van der Waals surface area contributed by atoms with E-state index in [1.54, 1.807) is 11.1 Å². The number of alkyl carbamates (subject to hydrolysis) is 1. The van der Waals surface area contributed by atoms with Crippen molar-refractivity contribution < 1.29 is 19.1 Å². The lowest BCUT2D eigenvalue weighted by Crippen LogP contribution is -2.42. The van der Waals surface area contributed by atoms with Gasteiger partial charge in [0, 0.05) is 18.7 Å². The molecule has 3 aliphatic rings. The van der Waals surface area contributed by atoms with Crippen LogP contribution in [0, 0.1) is 11.8 Å². The lowest BCUT2D eigenvalue weighted by molar-refractivity contribution is -0.138. The summed E-state index contributed by atoms with van der Waals surface area (Å²) < 4.78 is 4.82. The molecule has 6 aromatic rings. The Hall–Kier alpha value is -6.97. The van der Waals surface area contributed by atoms with Crippen molar-refractivity contribution in [1.29, 1.82) is 0 Å². The number of rotatable bonds is 10. The summed E-state index contributed by atoms with van der Waals surface area (Å²) in [6.45, 7) is 3.17. The van der Waals surface area contributed by atoms with E-state index in [1.807, 2.05) is 71.8 Å². The fraction of sp³-hybridized carbons (Fsp3) is 0.300. The van der Waals surface area contributed by atoms with Crippen molar-refractivity contribution in [1.82, 2.24) is 40.0 Å². The van der Waals surface area contributed by atoms with E-state index in [4.69, 9.17) is 9.72 Å². The molecule has 4 aromatic carbocycles. The topological polar surface area (TPSA) is 140 Å². The summed E-state index contributed by atoms with van der Waals surface area (Å²) in [5.41, 5.74) is 7.37. The molecule has 314 valence electrons. The van der Waals surface area contributed by atoms with Crippen LogP contribution in [0.4, 0.5) is 4.79 Å². The van der Waals surface area contributed by atoms with Crippen LogP contribution in [0.15, 0.2) is 122 Å². The Morgan fingerprint density at radius 2 is 1.21 bits per heavy atom. The fourth-order valence-corrected chi connectivity index (χ4v) is 9.16. The predicted octanol–water partition coefficient (Wildman–Crippen LogP) is 8.13. The molecule has 3 N–H and O–H groups in total. The number of carbonyl (C=O) groups excluding carboxylic acids is 3. The number of H-pyrrole nitrogens is 2. The van der Waals surface area contributed by atoms with Crippen LogP contribution in [0.25, 0.3) is 22.4 Å². The van der Waals surface area contributed by atoms with Crippen LogP contribution in [0.1, 0.15) is 96.7 Å². The highest BCUT2D eigenvalue weighted by Crippen LogP contribution is 2.37. The molecule has 12 nitrogen and oxygen atoms in total. The Kier molecular flexibility index (Phi) is 12.0. The minimum atomic E-state index is -0.880. The third-order valence-corrected chi connectivity index (χ3v) is 12.3. The number of likely N-dealkylation sites (tertiary alicyclic amines) is 3. The monoisotopic (exact) mass is 826 g/mol. The molecule has 0 aliphatic carbocycles. The maximum absolute atomic E-state index is 14.3. The van der Waals surface area contributed by atoms with Gasteiger partial charge in [0.2, 0.25) is 5.91 Å². The maximum atomic E-state index is 14.3. The normalized spacial score (nSPS) is 18.5. The predicted molar refractivity (Wildman–Crippen MR) is 236 cm³/mol. The van der Waals surface area contributed by atoms with E-state index in [1.165, 1.54) is 7.11 Å². The average Bonchev–Trinajstić information content (AvgIpc) is 4.18. The van der Waals surface area contributed by atoms with Gasteiger partial charge in [0.05, 0.1) is 37.3 Å². The van der Waals surface area contributed by atoms with E-state index in [9.17, 15) is 14.4 Å². The fourth-order valence-electron chi connectivity index (χ4n) is 9.16. The quantitative estimate of drug-likeness (QED) is 0.119. The zero-order chi connectivity index (χ0) is 42.4. The number of nitrogens with one attached hydrogen (secondary N) is 3. The minimum absolute atomic E-state index is 0.0777. The van der Waals surface area contributed by atoms with Gasteiger partial charge in [0.1, 0.15) is 29.4 Å². The third kappa shape index (κ3) is 8.62. The smallest absolute Gasteiger partial charge is 0.407 e. The molecule has 3 aliphatic heterocycles. The van der Waals surface area contributed by atoms with Crippen LogP contribution in [0.5, 0.6) is 0 Å². The summed E-state index contributed by atoms with van der Waals surface area (Å²) in [4.78, 5) is 62.8. The van der Waals surface area contributed by atoms with E-state index in [0.29, 0.717) is 23.6 Å². The number of imidazole rings is 2. The summed E-state index contributed by atoms with van der Waals surface area (Å²) in [5.74, 6) is 7.88. The maximum Gasteiger partial charge on any atom is 0.407 e. The Morgan fingerprint density at radius 1 is 0.645 bits per heavy atom. The summed E-state index contributed by atoms with van der Waals surface area (Å²) in [5, 5.41) is 2.71. The molecule has 62 heavy (non-hydrogen) atoms. The average molecular weight is 827 g/mol. The first-order valence-electron chi connectivity index (χ1n) is 21.6. The summed E-state index contributed by atoms with van der Waals surface area (Å²) in [6.07, 6.45) is 8.56. The molecule has 9 rings (SSSR count). The van der Waals surface area contributed by atoms with E-state index in [0.717, 1.165) is 97.5 Å². The number of nitrogens with zero attached hydrogens (tertiary/aromatic N) is 5. The Labute approximate surface area is 361 Å². The first kappa shape index (κ1) is 40.4. The van der Waals surface area contributed by atoms with Gasteiger partial charge in [-0.15, -0.1) is 0 Å². The van der Waals surface area contributed by atoms with Gasteiger partial charge < -0.3 is 29.8 Å². The molecule has 12 heteroatoms. The molecule has 0 radical (unpaired) electrons. The van der Waals surface area contributed by atoms with Gasteiger partial charge in [-0.2, -0.15) is 0 Å². The van der Waals surface area contributed by atoms with E-state index in [-0.39, 0.29) is 29.9 Å². The minimum Gasteiger partial charge on any atom is -0.453 e. The first-order chi connectivity index (χ1) is 30.4. The zero-order valence-corrected chi connectivity index (χ0v) is 34.8. The number of aromatic nitrogens is 4. The number of aromatic amines is 2. The Morgan fingerprint density at radius 3 is 1.85 bits per heavy atom. The summed E-state index contributed by atoms with van der Waals surface area (Å²) in [7, 11) is 1.28. The standard InChI is InChI=1S/C50H50N8O4/c1-62-50(61)55-44(38-12-4-2-5-13-38)48(59)57-30-10-16-42(57)46-51-32-40(53-46)27-20-34-18-21-35(22-19-34)36-23-25-37(26-24-36)41-33-52-47(54-41)43-17-11-31-58(43)49(60)45(56-28-8-9-29-56)39-14-6-3-7-15-39/h2-7,12-15,18-19,21-26,32-33,42-45H,8-11,16-17,28-31H2,1H3,(H,51,53)(H,52,54)(H,55,61). The lowest BCUT2D eigenvalue weighted by atomic mass is 10.0. The van der Waals surface area contributed by atoms with Crippen molar-refractivity contribution in [3.63, 3.8) is 0 Å². The zero-order valence-electron chi connectivity index (χ0n) is 34.8. The van der Waals surface area contributed by atoms with Gasteiger partial charge in [0.25, 0.3) is 5.91 Å². The molecule has 0 saturated carbocycles. The molecule has 3 fully saturated rings. The third-order valence-electron chi connectivity index (χ3n) is 12.3. The van der Waals surface area contributed by atoms with Crippen molar-refractivity contribution >= 4 is 17.9 Å². The molecule has 0 spiro atoms. The lowest BCUT2D eigenvalue weighted by Gasteiger charge is -2.33. The number of ether oxygens (including phenoxy) is 1. The number of hydrogen-bond donors (Lipinski definition) is 3. The molecule has 4 unspecified atom stereocenters. The number of amides is 3. The first-order valence-corrected chi connectivity index (χ1v) is 21.6. The molecule has 4 atom stereocenters. The second kappa shape index (κ2) is 18.3. The number of methoxy groups -OCH3 is 1. The molecule has 0 bridgehead atoms. The number of carbonyl (C=O) groups is 3. The Balaban J connectivity index is 0.836. The Bertz CT molecular complexity index is 2550. The van der Waals surface area contributed by atoms with Gasteiger partial charge in [0.15, 0.2) is 0 Å². The van der Waals surface area contributed by atoms with E-state index >= 15 is 0 Å². The highest BCUT2D eigenvalue weighted by molar-refractivity contribution is 5.87. The summed E-state index contributed by atoms with van der Waals surface area (Å²) in [6, 6.07) is 34.5. The van der Waals surface area contributed by atoms with Crippen molar-refractivity contribution in [3.8, 4) is 34.2 Å². The highest BCUT2D eigenvalue weighted by Gasteiger charge is 2.40. The molecule has 2 aromatic heterocycles. The molecule has 3 saturated heterocycles. The van der Waals surface area contributed by atoms with Gasteiger partial charge >= 0.3 is 6.09 Å².